The maximum atomic E-state index is 12.8. The van der Waals surface area contributed by atoms with Crippen molar-refractivity contribution < 1.29 is 17.6 Å². The summed E-state index contributed by atoms with van der Waals surface area (Å²) in [6.07, 6.45) is 1.92. The molecule has 1 fully saturated rings. The number of likely N-dealkylation sites (tertiary alicyclic amines) is 1. The van der Waals surface area contributed by atoms with Crippen molar-refractivity contribution in [3.8, 4) is 0 Å². The van der Waals surface area contributed by atoms with Crippen LogP contribution >= 0.6 is 0 Å². The molecular formula is C24H30N4O4S. The Labute approximate surface area is 194 Å². The molecule has 0 radical (unpaired) electrons. The third-order valence-corrected chi connectivity index (χ3v) is 8.04. The molecule has 176 valence electrons. The van der Waals surface area contributed by atoms with Crippen LogP contribution in [0.4, 0.5) is 5.69 Å². The van der Waals surface area contributed by atoms with Crippen LogP contribution in [0.2, 0.25) is 0 Å². The lowest BCUT2D eigenvalue weighted by Gasteiger charge is -2.30. The van der Waals surface area contributed by atoms with Gasteiger partial charge in [-0.25, -0.2) is 13.4 Å². The average Bonchev–Trinajstić information content (AvgIpc) is 3.24. The van der Waals surface area contributed by atoms with Gasteiger partial charge in [0.05, 0.1) is 11.4 Å². The summed E-state index contributed by atoms with van der Waals surface area (Å²) >= 11 is 0. The van der Waals surface area contributed by atoms with Crippen LogP contribution in [0, 0.1) is 0 Å². The molecule has 3 aromatic rings. The second-order valence-electron chi connectivity index (χ2n) is 8.26. The fourth-order valence-corrected chi connectivity index (χ4v) is 5.82. The lowest BCUT2D eigenvalue weighted by atomic mass is 9.98. The van der Waals surface area contributed by atoms with Crippen molar-refractivity contribution in [3.63, 3.8) is 0 Å². The monoisotopic (exact) mass is 470 g/mol. The molecular weight excluding hydrogens is 440 g/mol. The number of amides is 1. The van der Waals surface area contributed by atoms with Crippen molar-refractivity contribution in [2.75, 3.05) is 38.0 Å². The van der Waals surface area contributed by atoms with E-state index in [0.29, 0.717) is 25.3 Å². The predicted octanol–water partition coefficient (Wildman–Crippen LogP) is 3.68. The highest BCUT2D eigenvalue weighted by Crippen LogP contribution is 2.29. The highest BCUT2D eigenvalue weighted by atomic mass is 32.2. The highest BCUT2D eigenvalue weighted by molar-refractivity contribution is 7.89. The van der Waals surface area contributed by atoms with Crippen LogP contribution in [0.5, 0.6) is 0 Å². The molecule has 0 bridgehead atoms. The number of piperidine rings is 1. The van der Waals surface area contributed by atoms with Crippen molar-refractivity contribution >= 4 is 32.7 Å². The molecule has 9 heteroatoms. The van der Waals surface area contributed by atoms with Gasteiger partial charge >= 0.3 is 0 Å². The Morgan fingerprint density at radius 2 is 1.97 bits per heavy atom. The van der Waals surface area contributed by atoms with Gasteiger partial charge in [0.15, 0.2) is 11.5 Å². The summed E-state index contributed by atoms with van der Waals surface area (Å²) in [5.41, 5.74) is 2.10. The zero-order valence-corrected chi connectivity index (χ0v) is 19.8. The largest absolute Gasteiger partial charge is 0.440 e. The van der Waals surface area contributed by atoms with Gasteiger partial charge in [-0.05, 0) is 49.7 Å². The summed E-state index contributed by atoms with van der Waals surface area (Å²) < 4.78 is 32.9. The molecule has 33 heavy (non-hydrogen) atoms. The minimum atomic E-state index is -3.58. The first-order valence-corrected chi connectivity index (χ1v) is 12.8. The number of sulfonamides is 1. The number of carbonyl (C=O) groups excluding carboxylic acids is 1. The predicted molar refractivity (Wildman–Crippen MR) is 128 cm³/mol. The van der Waals surface area contributed by atoms with Gasteiger partial charge in [-0.3, -0.25) is 9.69 Å². The topological polar surface area (TPSA) is 95.8 Å². The number of carbonyl (C=O) groups is 1. The minimum absolute atomic E-state index is 0.140. The Hall–Kier alpha value is -2.75. The molecule has 0 spiro atoms. The molecule has 1 unspecified atom stereocenters. The Morgan fingerprint density at radius 1 is 1.18 bits per heavy atom. The molecule has 1 atom stereocenters. The zero-order chi connectivity index (χ0) is 23.4. The highest BCUT2D eigenvalue weighted by Gasteiger charge is 2.27. The van der Waals surface area contributed by atoms with E-state index in [1.165, 1.54) is 10.4 Å². The van der Waals surface area contributed by atoms with Crippen LogP contribution in [0.15, 0.2) is 57.8 Å². The molecule has 2 aromatic carbocycles. The molecule has 0 saturated carbocycles. The van der Waals surface area contributed by atoms with Gasteiger partial charge in [-0.15, -0.1) is 0 Å². The lowest BCUT2D eigenvalue weighted by Crippen LogP contribution is -2.39. The van der Waals surface area contributed by atoms with Crippen LogP contribution in [-0.2, 0) is 14.8 Å². The lowest BCUT2D eigenvalue weighted by molar-refractivity contribution is -0.117. The Morgan fingerprint density at radius 3 is 2.73 bits per heavy atom. The van der Waals surface area contributed by atoms with Gasteiger partial charge in [-0.1, -0.05) is 32.0 Å². The molecule has 1 saturated heterocycles. The molecule has 1 aromatic heterocycles. The molecule has 1 aliphatic rings. The van der Waals surface area contributed by atoms with Crippen LogP contribution in [-0.4, -0.2) is 61.2 Å². The smallest absolute Gasteiger partial charge is 0.243 e. The molecule has 8 nitrogen and oxygen atoms in total. The average molecular weight is 471 g/mol. The van der Waals surface area contributed by atoms with Crippen molar-refractivity contribution in [2.45, 2.75) is 37.5 Å². The van der Waals surface area contributed by atoms with Crippen LogP contribution in [0.25, 0.3) is 11.1 Å². The third-order valence-electron chi connectivity index (χ3n) is 5.99. The van der Waals surface area contributed by atoms with Crippen molar-refractivity contribution in [1.29, 1.82) is 0 Å². The first-order chi connectivity index (χ1) is 15.9. The SMILES string of the molecule is CCN(CC)S(=O)(=O)c1cccc(NC(=O)CN2CCCC(c3nc4ccccc4o3)C2)c1. The minimum Gasteiger partial charge on any atom is -0.440 e. The Bertz CT molecular complexity index is 1190. The summed E-state index contributed by atoms with van der Waals surface area (Å²) in [7, 11) is -3.58. The third kappa shape index (κ3) is 5.26. The number of benzene rings is 2. The Balaban J connectivity index is 1.39. The van der Waals surface area contributed by atoms with Crippen molar-refractivity contribution in [1.82, 2.24) is 14.2 Å². The maximum absolute atomic E-state index is 12.8. The number of nitrogens with one attached hydrogen (secondary N) is 1. The summed E-state index contributed by atoms with van der Waals surface area (Å²) in [6, 6.07) is 14.1. The van der Waals surface area contributed by atoms with Gasteiger partial charge in [-0.2, -0.15) is 4.31 Å². The van der Waals surface area contributed by atoms with E-state index < -0.39 is 10.0 Å². The van der Waals surface area contributed by atoms with Gasteiger partial charge in [0.2, 0.25) is 15.9 Å². The molecule has 1 amide bonds. The summed E-state index contributed by atoms with van der Waals surface area (Å²) in [5.74, 6) is 0.683. The van der Waals surface area contributed by atoms with E-state index in [1.807, 2.05) is 24.3 Å². The van der Waals surface area contributed by atoms with Crippen molar-refractivity contribution in [2.24, 2.45) is 0 Å². The number of fused-ring (bicyclic) bond motifs is 1. The molecule has 0 aliphatic carbocycles. The second kappa shape index (κ2) is 10.0. The quantitative estimate of drug-likeness (QED) is 0.540. The zero-order valence-electron chi connectivity index (χ0n) is 19.0. The molecule has 4 rings (SSSR count). The number of hydrogen-bond acceptors (Lipinski definition) is 6. The normalized spacial score (nSPS) is 17.5. The first kappa shape index (κ1) is 23.4. The first-order valence-electron chi connectivity index (χ1n) is 11.4. The van der Waals surface area contributed by atoms with E-state index in [9.17, 15) is 13.2 Å². The van der Waals surface area contributed by atoms with Gasteiger partial charge in [0.25, 0.3) is 0 Å². The molecule has 2 heterocycles. The van der Waals surface area contributed by atoms with Gasteiger partial charge < -0.3 is 9.73 Å². The number of rotatable bonds is 8. The fraction of sp³-hybridized carbons (Fsp3) is 0.417. The van der Waals surface area contributed by atoms with Crippen LogP contribution in [0.3, 0.4) is 0 Å². The summed E-state index contributed by atoms with van der Waals surface area (Å²) in [5, 5.41) is 2.85. The van der Waals surface area contributed by atoms with E-state index in [2.05, 4.69) is 15.2 Å². The van der Waals surface area contributed by atoms with E-state index in [4.69, 9.17) is 4.42 Å². The fourth-order valence-electron chi connectivity index (χ4n) is 4.32. The number of hydrogen-bond donors (Lipinski definition) is 1. The van der Waals surface area contributed by atoms with Gasteiger partial charge in [0.1, 0.15) is 5.52 Å². The number of anilines is 1. The summed E-state index contributed by atoms with van der Waals surface area (Å²) in [6.45, 7) is 6.14. The number of aromatic nitrogens is 1. The summed E-state index contributed by atoms with van der Waals surface area (Å²) in [4.78, 5) is 19.6. The maximum Gasteiger partial charge on any atom is 0.243 e. The van der Waals surface area contributed by atoms with Crippen LogP contribution in [0.1, 0.15) is 38.5 Å². The van der Waals surface area contributed by atoms with E-state index in [1.54, 1.807) is 32.0 Å². The van der Waals surface area contributed by atoms with Gasteiger partial charge in [0, 0.05) is 31.2 Å². The Kier molecular flexibility index (Phi) is 7.11. The van der Waals surface area contributed by atoms with Crippen molar-refractivity contribution in [3.05, 3.63) is 54.4 Å². The molecule has 1 aliphatic heterocycles. The van der Waals surface area contributed by atoms with Crippen LogP contribution < -0.4 is 5.32 Å². The standard InChI is InChI=1S/C24H30N4O4S/c1-3-28(4-2)33(30,31)20-11-7-10-19(15-20)25-23(29)17-27-14-8-9-18(16-27)24-26-21-12-5-6-13-22(21)32-24/h5-7,10-13,15,18H,3-4,8-9,14,16-17H2,1-2H3,(H,25,29). The van der Waals surface area contributed by atoms with E-state index in [-0.39, 0.29) is 23.3 Å². The number of para-hydroxylation sites is 2. The van der Waals surface area contributed by atoms with E-state index in [0.717, 1.165) is 36.4 Å². The number of oxazole rings is 1. The molecule has 1 N–H and O–H groups in total. The number of nitrogens with zero attached hydrogens (tertiary/aromatic N) is 3. The second-order valence-corrected chi connectivity index (χ2v) is 10.2. The van der Waals surface area contributed by atoms with E-state index >= 15 is 0 Å².